The van der Waals surface area contributed by atoms with Gasteiger partial charge in [-0.15, -0.1) is 0 Å². The molecule has 2 rings (SSSR count). The summed E-state index contributed by atoms with van der Waals surface area (Å²) in [5.74, 6) is -0.914. The van der Waals surface area contributed by atoms with Crippen LogP contribution >= 0.6 is 0 Å². The Morgan fingerprint density at radius 1 is 1.16 bits per heavy atom. The summed E-state index contributed by atoms with van der Waals surface area (Å²) in [5, 5.41) is 8.69. The summed E-state index contributed by atoms with van der Waals surface area (Å²) >= 11 is 0. The number of rotatable bonds is 5. The quantitative estimate of drug-likeness (QED) is 0.915. The average Bonchev–Trinajstić information content (AvgIpc) is 2.80. The Morgan fingerprint density at radius 3 is 2.42 bits per heavy atom. The molecule has 0 saturated carbocycles. The molecule has 0 amide bonds. The van der Waals surface area contributed by atoms with Gasteiger partial charge in [0, 0.05) is 16.6 Å². The molecule has 2 aromatic rings. The van der Waals surface area contributed by atoms with Gasteiger partial charge in [-0.05, 0) is 29.8 Å². The van der Waals surface area contributed by atoms with Crippen molar-refractivity contribution in [1.29, 1.82) is 0 Å². The summed E-state index contributed by atoms with van der Waals surface area (Å²) in [5.41, 5.74) is 0.754. The van der Waals surface area contributed by atoms with Gasteiger partial charge in [-0.1, -0.05) is 12.1 Å². The highest BCUT2D eigenvalue weighted by Gasteiger charge is 2.11. The lowest BCUT2D eigenvalue weighted by molar-refractivity contribution is 0.0660. The molecule has 100 valence electrons. The summed E-state index contributed by atoms with van der Waals surface area (Å²) in [6.07, 6.45) is 0. The number of aromatic carboxylic acids is 1. The van der Waals surface area contributed by atoms with Gasteiger partial charge in [0.15, 0.2) is 0 Å². The summed E-state index contributed by atoms with van der Waals surface area (Å²) in [4.78, 5) is 10.6. The van der Waals surface area contributed by atoms with Gasteiger partial charge in [0.05, 0.1) is 5.75 Å². The molecule has 1 heterocycles. The maximum atomic E-state index is 12.7. The molecule has 1 N–H and O–H groups in total. The van der Waals surface area contributed by atoms with Crippen molar-refractivity contribution in [3.05, 3.63) is 59.3 Å². The van der Waals surface area contributed by atoms with Crippen molar-refractivity contribution in [3.63, 3.8) is 0 Å². The zero-order valence-corrected chi connectivity index (χ0v) is 10.7. The predicted molar refractivity (Wildman–Crippen MR) is 67.6 cm³/mol. The lowest BCUT2D eigenvalue weighted by atomic mass is 10.2. The zero-order chi connectivity index (χ0) is 13.8. The van der Waals surface area contributed by atoms with Gasteiger partial charge in [0.2, 0.25) is 5.76 Å². The van der Waals surface area contributed by atoms with E-state index in [9.17, 15) is 13.4 Å². The van der Waals surface area contributed by atoms with Crippen molar-refractivity contribution in [2.75, 3.05) is 0 Å². The third kappa shape index (κ3) is 3.75. The minimum absolute atomic E-state index is 0.130. The van der Waals surface area contributed by atoms with Gasteiger partial charge in [0.25, 0.3) is 0 Å². The Bertz CT molecular complexity index is 603. The van der Waals surface area contributed by atoms with Crippen LogP contribution in [0.5, 0.6) is 0 Å². The summed E-state index contributed by atoms with van der Waals surface area (Å²) in [7, 11) is -1.24. The third-order valence-corrected chi connectivity index (χ3v) is 3.68. The number of furan rings is 1. The molecule has 0 aliphatic heterocycles. The fourth-order valence-electron chi connectivity index (χ4n) is 1.55. The van der Waals surface area contributed by atoms with Crippen LogP contribution in [-0.2, 0) is 22.3 Å². The molecular weight excluding hydrogens is 271 g/mol. The minimum Gasteiger partial charge on any atom is -0.475 e. The van der Waals surface area contributed by atoms with E-state index in [1.807, 2.05) is 0 Å². The Labute approximate surface area is 111 Å². The molecule has 6 heteroatoms. The van der Waals surface area contributed by atoms with Crippen LogP contribution in [-0.4, -0.2) is 15.3 Å². The molecule has 0 spiro atoms. The Balaban J connectivity index is 1.97. The van der Waals surface area contributed by atoms with E-state index < -0.39 is 16.8 Å². The second-order valence-corrected chi connectivity index (χ2v) is 5.38. The van der Waals surface area contributed by atoms with Crippen molar-refractivity contribution in [3.8, 4) is 0 Å². The van der Waals surface area contributed by atoms with Crippen molar-refractivity contribution >= 4 is 16.8 Å². The van der Waals surface area contributed by atoms with E-state index in [1.165, 1.54) is 24.3 Å². The molecule has 1 atom stereocenters. The van der Waals surface area contributed by atoms with Gasteiger partial charge < -0.3 is 9.52 Å². The number of halogens is 1. The van der Waals surface area contributed by atoms with Crippen LogP contribution in [0.4, 0.5) is 4.39 Å². The molecule has 0 bridgehead atoms. The van der Waals surface area contributed by atoms with Crippen LogP contribution in [0.15, 0.2) is 40.8 Å². The first-order chi connectivity index (χ1) is 9.04. The fraction of sp³-hybridized carbons (Fsp3) is 0.154. The minimum atomic E-state index is -1.24. The smallest absolute Gasteiger partial charge is 0.371 e. The normalized spacial score (nSPS) is 12.3. The number of carboxylic acids is 1. The highest BCUT2D eigenvalue weighted by atomic mass is 32.2. The van der Waals surface area contributed by atoms with Crippen molar-refractivity contribution in [2.45, 2.75) is 11.5 Å². The molecule has 1 aromatic carbocycles. The first-order valence-corrected chi connectivity index (χ1v) is 6.95. The SMILES string of the molecule is O=C(O)c1ccc(CS(=O)Cc2ccc(F)cc2)o1. The maximum Gasteiger partial charge on any atom is 0.371 e. The highest BCUT2D eigenvalue weighted by Crippen LogP contribution is 2.13. The van der Waals surface area contributed by atoms with E-state index >= 15 is 0 Å². The van der Waals surface area contributed by atoms with Gasteiger partial charge in [-0.25, -0.2) is 9.18 Å². The molecule has 0 saturated heterocycles. The lowest BCUT2D eigenvalue weighted by Gasteiger charge is -2.01. The van der Waals surface area contributed by atoms with Crippen LogP contribution in [0.3, 0.4) is 0 Å². The summed E-state index contributed by atoms with van der Waals surface area (Å²) in [6, 6.07) is 8.57. The first-order valence-electron chi connectivity index (χ1n) is 5.46. The number of carboxylic acid groups (broad SMARTS) is 1. The van der Waals surface area contributed by atoms with Crippen LogP contribution in [0, 0.1) is 5.82 Å². The molecular formula is C13H11FO4S. The van der Waals surface area contributed by atoms with Crippen LogP contribution in [0.2, 0.25) is 0 Å². The standard InChI is InChI=1S/C13H11FO4S/c14-10-3-1-9(2-4-10)7-19(17)8-11-5-6-12(18-11)13(15)16/h1-6H,7-8H2,(H,15,16). The second kappa shape index (κ2) is 5.79. The molecule has 4 nitrogen and oxygen atoms in total. The zero-order valence-electron chi connectivity index (χ0n) is 9.84. The van der Waals surface area contributed by atoms with E-state index in [-0.39, 0.29) is 23.1 Å². The topological polar surface area (TPSA) is 67.5 Å². The van der Waals surface area contributed by atoms with Crippen molar-refractivity contribution in [2.24, 2.45) is 0 Å². The second-order valence-electron chi connectivity index (χ2n) is 3.93. The van der Waals surface area contributed by atoms with Crippen LogP contribution in [0.1, 0.15) is 21.9 Å². The number of carbonyl (C=O) groups is 1. The van der Waals surface area contributed by atoms with E-state index in [4.69, 9.17) is 9.52 Å². The molecule has 0 fully saturated rings. The fourth-order valence-corrected chi connectivity index (χ4v) is 2.69. The molecule has 1 unspecified atom stereocenters. The Kier molecular flexibility index (Phi) is 4.11. The number of hydrogen-bond donors (Lipinski definition) is 1. The maximum absolute atomic E-state index is 12.7. The van der Waals surface area contributed by atoms with Crippen molar-refractivity contribution < 1.29 is 22.9 Å². The molecule has 0 aliphatic carbocycles. The highest BCUT2D eigenvalue weighted by molar-refractivity contribution is 7.83. The Hall–Kier alpha value is -1.95. The summed E-state index contributed by atoms with van der Waals surface area (Å²) in [6.45, 7) is 0. The van der Waals surface area contributed by atoms with E-state index in [1.54, 1.807) is 12.1 Å². The monoisotopic (exact) mass is 282 g/mol. The van der Waals surface area contributed by atoms with E-state index in [0.29, 0.717) is 5.76 Å². The van der Waals surface area contributed by atoms with Gasteiger partial charge in [-0.3, -0.25) is 4.21 Å². The number of benzene rings is 1. The molecule has 1 aromatic heterocycles. The van der Waals surface area contributed by atoms with Crippen LogP contribution in [0.25, 0.3) is 0 Å². The van der Waals surface area contributed by atoms with Gasteiger partial charge >= 0.3 is 5.97 Å². The number of hydrogen-bond acceptors (Lipinski definition) is 3. The lowest BCUT2D eigenvalue weighted by Crippen LogP contribution is -1.99. The van der Waals surface area contributed by atoms with E-state index in [2.05, 4.69) is 0 Å². The van der Waals surface area contributed by atoms with Gasteiger partial charge in [-0.2, -0.15) is 0 Å². The third-order valence-electron chi connectivity index (χ3n) is 2.42. The predicted octanol–water partition coefficient (Wildman–Crippen LogP) is 2.57. The van der Waals surface area contributed by atoms with Crippen LogP contribution < -0.4 is 0 Å². The Morgan fingerprint density at radius 2 is 1.84 bits per heavy atom. The molecule has 0 radical (unpaired) electrons. The molecule has 19 heavy (non-hydrogen) atoms. The van der Waals surface area contributed by atoms with Gasteiger partial charge in [0.1, 0.15) is 11.6 Å². The average molecular weight is 282 g/mol. The first kappa shape index (κ1) is 13.5. The molecule has 0 aliphatic rings. The largest absolute Gasteiger partial charge is 0.475 e. The van der Waals surface area contributed by atoms with Crippen molar-refractivity contribution in [1.82, 2.24) is 0 Å². The van der Waals surface area contributed by atoms with E-state index in [0.717, 1.165) is 5.56 Å². The summed E-state index contributed by atoms with van der Waals surface area (Å²) < 4.78 is 29.6.